The first kappa shape index (κ1) is 20.9. The van der Waals surface area contributed by atoms with Gasteiger partial charge in [0.15, 0.2) is 4.80 Å². The average Bonchev–Trinajstić information content (AvgIpc) is 3.35. The van der Waals surface area contributed by atoms with Crippen LogP contribution in [0.25, 0.3) is 10.2 Å². The minimum atomic E-state index is -3.70. The largest absolute Gasteiger partial charge is 0.319 e. The van der Waals surface area contributed by atoms with E-state index in [1.165, 1.54) is 39.9 Å². The van der Waals surface area contributed by atoms with Gasteiger partial charge in [-0.1, -0.05) is 41.1 Å². The summed E-state index contributed by atoms with van der Waals surface area (Å²) in [6, 6.07) is 18.9. The Bertz CT molecular complexity index is 1540. The molecule has 6 nitrogen and oxygen atoms in total. The van der Waals surface area contributed by atoms with E-state index in [4.69, 9.17) is 11.6 Å². The number of hydrogen-bond acceptors (Lipinski definition) is 4. The third-order valence-corrected chi connectivity index (χ3v) is 8.66. The number of aromatic nitrogens is 1. The molecular formula is C23H18ClN3O3S2. The number of thiazole rings is 1. The molecule has 0 spiro atoms. The number of amides is 1. The molecule has 1 aliphatic rings. The van der Waals surface area contributed by atoms with Gasteiger partial charge in [-0.15, -0.1) is 0 Å². The van der Waals surface area contributed by atoms with Crippen molar-refractivity contribution in [3.05, 3.63) is 87.7 Å². The van der Waals surface area contributed by atoms with E-state index in [1.54, 1.807) is 6.07 Å². The summed E-state index contributed by atoms with van der Waals surface area (Å²) < 4.78 is 30.5. The molecule has 32 heavy (non-hydrogen) atoms. The van der Waals surface area contributed by atoms with E-state index in [9.17, 15) is 13.2 Å². The van der Waals surface area contributed by atoms with Crippen molar-refractivity contribution in [1.82, 2.24) is 4.57 Å². The second-order valence-electron chi connectivity index (χ2n) is 7.45. The maximum atomic E-state index is 13.1. The van der Waals surface area contributed by atoms with Gasteiger partial charge in [0.05, 0.1) is 20.8 Å². The summed E-state index contributed by atoms with van der Waals surface area (Å²) in [6.45, 7) is 0.407. The lowest BCUT2D eigenvalue weighted by atomic mass is 10.2. The first-order chi connectivity index (χ1) is 15.3. The smallest absolute Gasteiger partial charge is 0.279 e. The standard InChI is InChI=1S/C23H18ClN3O3S2/c1-26-20-11-8-17(24)14-21(20)31-23(26)25-22(28)16-6-9-18(10-7-16)32(29,30)27-13-12-15-4-2-3-5-19(15)27/h2-11,14H,12-13H2,1H3. The van der Waals surface area contributed by atoms with Crippen molar-refractivity contribution in [3.63, 3.8) is 0 Å². The van der Waals surface area contributed by atoms with Gasteiger partial charge in [-0.05, 0) is 60.5 Å². The van der Waals surface area contributed by atoms with Crippen LogP contribution in [-0.2, 0) is 23.5 Å². The van der Waals surface area contributed by atoms with Crippen LogP contribution in [0.5, 0.6) is 0 Å². The van der Waals surface area contributed by atoms with Gasteiger partial charge >= 0.3 is 0 Å². The topological polar surface area (TPSA) is 71.7 Å². The lowest BCUT2D eigenvalue weighted by molar-refractivity contribution is 0.0998. The van der Waals surface area contributed by atoms with E-state index in [1.807, 2.05) is 48.0 Å². The zero-order valence-corrected chi connectivity index (χ0v) is 19.4. The fraction of sp³-hybridized carbons (Fsp3) is 0.130. The number of sulfonamides is 1. The summed E-state index contributed by atoms with van der Waals surface area (Å²) in [6.07, 6.45) is 0.683. The van der Waals surface area contributed by atoms with Crippen LogP contribution in [0.1, 0.15) is 15.9 Å². The molecule has 0 bridgehead atoms. The number of carbonyl (C=O) groups is 1. The quantitative estimate of drug-likeness (QED) is 0.434. The number of fused-ring (bicyclic) bond motifs is 2. The number of aryl methyl sites for hydroxylation is 1. The van der Waals surface area contributed by atoms with Crippen molar-refractivity contribution < 1.29 is 13.2 Å². The Labute approximate surface area is 194 Å². The monoisotopic (exact) mass is 483 g/mol. The lowest BCUT2D eigenvalue weighted by Crippen LogP contribution is -2.29. The second kappa shape index (κ2) is 7.88. The molecule has 0 N–H and O–H groups in total. The van der Waals surface area contributed by atoms with Crippen LogP contribution in [0, 0.1) is 0 Å². The summed E-state index contributed by atoms with van der Waals surface area (Å²) in [4.78, 5) is 17.7. The highest BCUT2D eigenvalue weighted by molar-refractivity contribution is 7.92. The van der Waals surface area contributed by atoms with Crippen LogP contribution >= 0.6 is 22.9 Å². The van der Waals surface area contributed by atoms with Crippen molar-refractivity contribution in [2.45, 2.75) is 11.3 Å². The molecule has 2 heterocycles. The summed E-state index contributed by atoms with van der Waals surface area (Å²) in [5.74, 6) is -0.436. The highest BCUT2D eigenvalue weighted by atomic mass is 35.5. The van der Waals surface area contributed by atoms with E-state index in [2.05, 4.69) is 4.99 Å². The number of nitrogens with zero attached hydrogens (tertiary/aromatic N) is 3. The molecule has 0 saturated heterocycles. The highest BCUT2D eigenvalue weighted by Crippen LogP contribution is 2.32. The van der Waals surface area contributed by atoms with Crippen LogP contribution in [0.4, 0.5) is 5.69 Å². The zero-order chi connectivity index (χ0) is 22.5. The molecule has 0 fully saturated rings. The molecule has 4 aromatic rings. The molecule has 0 unspecified atom stereocenters. The third-order valence-electron chi connectivity index (χ3n) is 5.50. The molecule has 162 valence electrons. The van der Waals surface area contributed by atoms with Crippen molar-refractivity contribution in [2.24, 2.45) is 12.0 Å². The van der Waals surface area contributed by atoms with E-state index >= 15 is 0 Å². The molecule has 5 rings (SSSR count). The molecule has 0 saturated carbocycles. The van der Waals surface area contributed by atoms with Gasteiger partial charge < -0.3 is 4.57 Å². The minimum absolute atomic E-state index is 0.146. The fourth-order valence-corrected chi connectivity index (χ4v) is 6.62. The van der Waals surface area contributed by atoms with Crippen molar-refractivity contribution in [1.29, 1.82) is 0 Å². The first-order valence-electron chi connectivity index (χ1n) is 9.89. The number of carbonyl (C=O) groups excluding carboxylic acids is 1. The molecular weight excluding hydrogens is 466 g/mol. The maximum Gasteiger partial charge on any atom is 0.279 e. The summed E-state index contributed by atoms with van der Waals surface area (Å²) in [7, 11) is -1.87. The van der Waals surface area contributed by atoms with E-state index in [-0.39, 0.29) is 4.90 Å². The third kappa shape index (κ3) is 3.54. The summed E-state index contributed by atoms with van der Waals surface area (Å²) >= 11 is 7.42. The maximum absolute atomic E-state index is 13.1. The Balaban J connectivity index is 1.45. The van der Waals surface area contributed by atoms with Crippen LogP contribution in [-0.4, -0.2) is 25.4 Å². The molecule has 1 aliphatic heterocycles. The Morgan fingerprint density at radius 3 is 2.59 bits per heavy atom. The predicted molar refractivity (Wildman–Crippen MR) is 127 cm³/mol. The molecule has 3 aromatic carbocycles. The second-order valence-corrected chi connectivity index (χ2v) is 10.8. The van der Waals surface area contributed by atoms with Gasteiger partial charge in [-0.25, -0.2) is 8.42 Å². The van der Waals surface area contributed by atoms with Crippen LogP contribution in [0.15, 0.2) is 76.6 Å². The van der Waals surface area contributed by atoms with Crippen LogP contribution in [0.3, 0.4) is 0 Å². The van der Waals surface area contributed by atoms with Gasteiger partial charge in [0.2, 0.25) is 0 Å². The van der Waals surface area contributed by atoms with Gasteiger partial charge in [-0.2, -0.15) is 4.99 Å². The van der Waals surface area contributed by atoms with Gasteiger partial charge in [0, 0.05) is 24.2 Å². The Morgan fingerprint density at radius 2 is 1.81 bits per heavy atom. The predicted octanol–water partition coefficient (Wildman–Crippen LogP) is 4.39. The van der Waals surface area contributed by atoms with Gasteiger partial charge in [0.1, 0.15) is 0 Å². The Morgan fingerprint density at radius 1 is 1.06 bits per heavy atom. The number of rotatable bonds is 3. The van der Waals surface area contributed by atoms with E-state index in [0.717, 1.165) is 15.8 Å². The van der Waals surface area contributed by atoms with E-state index < -0.39 is 15.9 Å². The minimum Gasteiger partial charge on any atom is -0.319 e. The van der Waals surface area contributed by atoms with Crippen molar-refractivity contribution in [2.75, 3.05) is 10.8 Å². The molecule has 0 atom stereocenters. The fourth-order valence-electron chi connectivity index (χ4n) is 3.82. The SMILES string of the molecule is Cn1c(=NC(=O)c2ccc(S(=O)(=O)N3CCc4ccccc43)cc2)sc2cc(Cl)ccc21. The van der Waals surface area contributed by atoms with Crippen molar-refractivity contribution in [3.8, 4) is 0 Å². The Kier molecular flexibility index (Phi) is 5.16. The molecule has 1 aromatic heterocycles. The molecule has 0 aliphatic carbocycles. The number of para-hydroxylation sites is 1. The number of hydrogen-bond donors (Lipinski definition) is 0. The summed E-state index contributed by atoms with van der Waals surface area (Å²) in [5, 5.41) is 0.620. The molecule has 1 amide bonds. The van der Waals surface area contributed by atoms with Crippen molar-refractivity contribution >= 4 is 54.8 Å². The molecule has 9 heteroatoms. The average molecular weight is 484 g/mol. The van der Waals surface area contributed by atoms with Gasteiger partial charge in [0.25, 0.3) is 15.9 Å². The van der Waals surface area contributed by atoms with E-state index in [0.29, 0.717) is 34.0 Å². The Hall–Kier alpha value is -2.94. The normalized spacial score (nSPS) is 14.2. The summed E-state index contributed by atoms with van der Waals surface area (Å²) in [5.41, 5.74) is 2.97. The van der Waals surface area contributed by atoms with Gasteiger partial charge in [-0.3, -0.25) is 9.10 Å². The number of anilines is 1. The van der Waals surface area contributed by atoms with Crippen LogP contribution < -0.4 is 9.11 Å². The molecule has 0 radical (unpaired) electrons. The zero-order valence-electron chi connectivity index (χ0n) is 17.0. The highest BCUT2D eigenvalue weighted by Gasteiger charge is 2.30. The number of benzene rings is 3. The lowest BCUT2D eigenvalue weighted by Gasteiger charge is -2.19. The number of halogens is 1. The first-order valence-corrected chi connectivity index (χ1v) is 12.5. The van der Waals surface area contributed by atoms with Crippen LogP contribution in [0.2, 0.25) is 5.02 Å².